The molecule has 0 spiro atoms. The number of hydrogen-bond acceptors (Lipinski definition) is 7. The first-order chi connectivity index (χ1) is 17.7. The van der Waals surface area contributed by atoms with E-state index in [1.807, 2.05) is 29.9 Å². The van der Waals surface area contributed by atoms with Gasteiger partial charge in [-0.3, -0.25) is 4.68 Å². The number of aryl methyl sites for hydroxylation is 1. The van der Waals surface area contributed by atoms with Gasteiger partial charge in [-0.2, -0.15) is 10.2 Å². The van der Waals surface area contributed by atoms with Gasteiger partial charge in [-0.1, -0.05) is 0 Å². The fraction of sp³-hybridized carbons (Fsp3) is 0.462. The van der Waals surface area contributed by atoms with Crippen LogP contribution in [0.15, 0.2) is 36.8 Å². The number of nitrogens with zero attached hydrogens (tertiary/aromatic N) is 7. The summed E-state index contributed by atoms with van der Waals surface area (Å²) in [6.45, 7) is 2.06. The summed E-state index contributed by atoms with van der Waals surface area (Å²) < 4.78 is 31.1. The summed E-state index contributed by atoms with van der Waals surface area (Å²) >= 11 is 0. The molecule has 9 nitrogen and oxygen atoms in total. The van der Waals surface area contributed by atoms with E-state index in [0.29, 0.717) is 36.4 Å². The van der Waals surface area contributed by atoms with E-state index in [-0.39, 0.29) is 18.3 Å². The number of ether oxygens (including phenoxy) is 2. The summed E-state index contributed by atoms with van der Waals surface area (Å²) in [5.41, 5.74) is 3.47. The topological polar surface area (TPSA) is 83.1 Å². The number of pyridine rings is 2. The second-order valence-electron chi connectivity index (χ2n) is 9.86. The third kappa shape index (κ3) is 3.42. The highest BCUT2D eigenvalue weighted by Gasteiger charge is 2.39. The highest BCUT2D eigenvalue weighted by atomic mass is 19.1. The molecule has 0 N–H and O–H groups in total. The molecule has 7 heterocycles. The van der Waals surface area contributed by atoms with Crippen molar-refractivity contribution in [2.45, 2.75) is 50.4 Å². The minimum atomic E-state index is -0.408. The number of hydrogen-bond donors (Lipinski definition) is 0. The Bertz CT molecular complexity index is 1410. The van der Waals surface area contributed by atoms with Crippen LogP contribution in [-0.2, 0) is 16.5 Å². The summed E-state index contributed by atoms with van der Waals surface area (Å²) in [6, 6.07) is 6.35. The van der Waals surface area contributed by atoms with Crippen molar-refractivity contribution in [3.63, 3.8) is 0 Å². The Morgan fingerprint density at radius 3 is 2.56 bits per heavy atom. The third-order valence-corrected chi connectivity index (χ3v) is 7.72. The van der Waals surface area contributed by atoms with Gasteiger partial charge in [-0.05, 0) is 50.3 Å². The SMILES string of the molecule is Cn1nccc1-c1cc(N2C3CCC2COC3)nc2c(-c3ccnn3C3CCCCO3)ncc(F)c12. The van der Waals surface area contributed by atoms with E-state index >= 15 is 4.39 Å². The van der Waals surface area contributed by atoms with Crippen molar-refractivity contribution in [1.82, 2.24) is 29.5 Å². The van der Waals surface area contributed by atoms with Gasteiger partial charge in [0.05, 0.1) is 42.9 Å². The smallest absolute Gasteiger partial charge is 0.151 e. The molecule has 2 bridgehead atoms. The molecule has 36 heavy (non-hydrogen) atoms. The van der Waals surface area contributed by atoms with Crippen LogP contribution in [0.2, 0.25) is 0 Å². The van der Waals surface area contributed by atoms with Crippen LogP contribution in [0.4, 0.5) is 10.2 Å². The highest BCUT2D eigenvalue weighted by Crippen LogP contribution is 2.40. The van der Waals surface area contributed by atoms with Crippen LogP contribution in [0.3, 0.4) is 0 Å². The Kier molecular flexibility index (Phi) is 5.25. The van der Waals surface area contributed by atoms with Crippen LogP contribution in [0.25, 0.3) is 33.5 Å². The molecule has 0 aliphatic carbocycles. The maximum atomic E-state index is 15.6. The maximum absolute atomic E-state index is 15.6. The Labute approximate surface area is 207 Å². The molecular weight excluding hydrogens is 461 g/mol. The molecule has 0 amide bonds. The van der Waals surface area contributed by atoms with Crippen LogP contribution in [0, 0.1) is 5.82 Å². The number of anilines is 1. The third-order valence-electron chi connectivity index (χ3n) is 7.72. The van der Waals surface area contributed by atoms with Gasteiger partial charge in [-0.25, -0.2) is 19.0 Å². The zero-order chi connectivity index (χ0) is 24.2. The van der Waals surface area contributed by atoms with Crippen molar-refractivity contribution in [3.05, 3.63) is 42.6 Å². The molecule has 7 rings (SSSR count). The summed E-state index contributed by atoms with van der Waals surface area (Å²) in [5.74, 6) is 0.414. The molecule has 3 unspecified atom stereocenters. The molecule has 4 aromatic heterocycles. The maximum Gasteiger partial charge on any atom is 0.151 e. The quantitative estimate of drug-likeness (QED) is 0.427. The Morgan fingerprint density at radius 2 is 1.81 bits per heavy atom. The zero-order valence-corrected chi connectivity index (χ0v) is 20.2. The predicted octanol–water partition coefficient (Wildman–Crippen LogP) is 4.10. The van der Waals surface area contributed by atoms with E-state index in [4.69, 9.17) is 14.5 Å². The van der Waals surface area contributed by atoms with E-state index < -0.39 is 5.82 Å². The second kappa shape index (κ2) is 8.63. The lowest BCUT2D eigenvalue weighted by Gasteiger charge is -2.36. The number of halogens is 1. The lowest BCUT2D eigenvalue weighted by Crippen LogP contribution is -2.46. The van der Waals surface area contributed by atoms with Gasteiger partial charge in [0.1, 0.15) is 17.0 Å². The van der Waals surface area contributed by atoms with Crippen molar-refractivity contribution in [1.29, 1.82) is 0 Å². The lowest BCUT2D eigenvalue weighted by atomic mass is 10.0. The van der Waals surface area contributed by atoms with E-state index in [1.54, 1.807) is 17.1 Å². The average Bonchev–Trinajstić information content (AvgIpc) is 3.62. The summed E-state index contributed by atoms with van der Waals surface area (Å²) in [6.07, 6.45) is 9.73. The molecular formula is C26H28FN7O2. The van der Waals surface area contributed by atoms with Crippen LogP contribution < -0.4 is 4.90 Å². The second-order valence-corrected chi connectivity index (χ2v) is 9.86. The molecule has 3 saturated heterocycles. The number of aromatic nitrogens is 6. The van der Waals surface area contributed by atoms with Crippen molar-refractivity contribution in [3.8, 4) is 22.6 Å². The molecule has 3 atom stereocenters. The van der Waals surface area contributed by atoms with Gasteiger partial charge in [0.2, 0.25) is 0 Å². The van der Waals surface area contributed by atoms with Crippen LogP contribution >= 0.6 is 0 Å². The van der Waals surface area contributed by atoms with Gasteiger partial charge >= 0.3 is 0 Å². The fourth-order valence-electron chi connectivity index (χ4n) is 6.00. The first-order valence-corrected chi connectivity index (χ1v) is 12.7. The highest BCUT2D eigenvalue weighted by molar-refractivity contribution is 6.01. The van der Waals surface area contributed by atoms with Gasteiger partial charge in [0.25, 0.3) is 0 Å². The Hall–Kier alpha value is -3.37. The minimum absolute atomic E-state index is 0.166. The van der Waals surface area contributed by atoms with Crippen LogP contribution in [-0.4, -0.2) is 61.4 Å². The first-order valence-electron chi connectivity index (χ1n) is 12.7. The predicted molar refractivity (Wildman–Crippen MR) is 132 cm³/mol. The molecule has 3 aliphatic rings. The lowest BCUT2D eigenvalue weighted by molar-refractivity contribution is -0.0383. The number of rotatable bonds is 4. The molecule has 4 aromatic rings. The van der Waals surface area contributed by atoms with E-state index in [9.17, 15) is 0 Å². The van der Waals surface area contributed by atoms with Crippen molar-refractivity contribution in [2.24, 2.45) is 7.05 Å². The molecule has 186 valence electrons. The van der Waals surface area contributed by atoms with Gasteiger partial charge < -0.3 is 14.4 Å². The summed E-state index contributed by atoms with van der Waals surface area (Å²) in [5, 5.41) is 9.36. The Morgan fingerprint density at radius 1 is 1.00 bits per heavy atom. The Balaban J connectivity index is 1.47. The van der Waals surface area contributed by atoms with Gasteiger partial charge in [-0.15, -0.1) is 0 Å². The van der Waals surface area contributed by atoms with E-state index in [2.05, 4.69) is 20.1 Å². The average molecular weight is 490 g/mol. The molecule has 3 aliphatic heterocycles. The van der Waals surface area contributed by atoms with Crippen molar-refractivity contribution < 1.29 is 13.9 Å². The number of fused-ring (bicyclic) bond motifs is 3. The monoisotopic (exact) mass is 489 g/mol. The van der Waals surface area contributed by atoms with Gasteiger partial charge in [0, 0.05) is 37.0 Å². The van der Waals surface area contributed by atoms with Crippen molar-refractivity contribution in [2.75, 3.05) is 24.7 Å². The molecule has 3 fully saturated rings. The molecule has 10 heteroatoms. The van der Waals surface area contributed by atoms with Crippen LogP contribution in [0.1, 0.15) is 38.3 Å². The number of morpholine rings is 1. The van der Waals surface area contributed by atoms with E-state index in [1.165, 1.54) is 6.20 Å². The molecule has 0 aromatic carbocycles. The van der Waals surface area contributed by atoms with Gasteiger partial charge in [0.15, 0.2) is 12.0 Å². The zero-order valence-electron chi connectivity index (χ0n) is 20.2. The fourth-order valence-corrected chi connectivity index (χ4v) is 6.00. The van der Waals surface area contributed by atoms with E-state index in [0.717, 1.165) is 54.9 Å². The van der Waals surface area contributed by atoms with Crippen LogP contribution in [0.5, 0.6) is 0 Å². The molecule has 0 radical (unpaired) electrons. The summed E-state index contributed by atoms with van der Waals surface area (Å²) in [7, 11) is 1.87. The normalized spacial score (nSPS) is 24.1. The first kappa shape index (κ1) is 21.9. The molecule has 0 saturated carbocycles. The standard InChI is InChI=1S/C26H28FN7O2/c1-32-20(7-9-29-32)18-12-22(33-16-5-6-17(33)15-35-14-16)31-26-24(18)19(27)13-28-25(26)21-8-10-30-34(21)23-4-2-3-11-36-23/h7-10,12-13,16-17,23H,2-6,11,14-15H2,1H3. The summed E-state index contributed by atoms with van der Waals surface area (Å²) in [4.78, 5) is 12.0. The largest absolute Gasteiger partial charge is 0.377 e. The minimum Gasteiger partial charge on any atom is -0.377 e. The van der Waals surface area contributed by atoms with Crippen molar-refractivity contribution >= 4 is 16.7 Å².